The number of amides is 1. The van der Waals surface area contributed by atoms with Gasteiger partial charge < -0.3 is 16.2 Å². The van der Waals surface area contributed by atoms with Crippen LogP contribution in [0.1, 0.15) is 31.4 Å². The molecule has 1 amide bonds. The molecule has 0 aliphatic carbocycles. The molecule has 5 nitrogen and oxygen atoms in total. The third kappa shape index (κ3) is 3.79. The van der Waals surface area contributed by atoms with Gasteiger partial charge in [0.25, 0.3) is 0 Å². The van der Waals surface area contributed by atoms with Gasteiger partial charge in [-0.15, -0.1) is 0 Å². The van der Waals surface area contributed by atoms with Crippen molar-refractivity contribution in [2.45, 2.75) is 38.8 Å². The largest absolute Gasteiger partial charge is 0.480 e. The van der Waals surface area contributed by atoms with Gasteiger partial charge in [-0.3, -0.25) is 4.79 Å². The van der Waals surface area contributed by atoms with E-state index in [1.165, 1.54) is 6.92 Å². The zero-order chi connectivity index (χ0) is 14.5. The second kappa shape index (κ2) is 6.33. The maximum atomic E-state index is 11.9. The van der Waals surface area contributed by atoms with E-state index in [2.05, 4.69) is 5.32 Å². The van der Waals surface area contributed by atoms with Gasteiger partial charge in [0.2, 0.25) is 5.91 Å². The summed E-state index contributed by atoms with van der Waals surface area (Å²) in [6, 6.07) is 7.37. The molecule has 1 aromatic carbocycles. The molecule has 0 aliphatic rings. The van der Waals surface area contributed by atoms with Crippen molar-refractivity contribution < 1.29 is 14.7 Å². The molecule has 5 heteroatoms. The predicted octanol–water partition coefficient (Wildman–Crippen LogP) is 1.06. The molecule has 0 bridgehead atoms. The molecule has 1 rings (SSSR count). The zero-order valence-corrected chi connectivity index (χ0v) is 11.3. The van der Waals surface area contributed by atoms with Gasteiger partial charge in [-0.25, -0.2) is 4.79 Å². The molecule has 0 radical (unpaired) electrons. The number of aliphatic carboxylic acids is 1. The average molecular weight is 264 g/mol. The van der Waals surface area contributed by atoms with Gasteiger partial charge in [0.05, 0.1) is 6.42 Å². The van der Waals surface area contributed by atoms with Crippen LogP contribution in [-0.2, 0) is 22.6 Å². The Bertz CT molecular complexity index is 474. The molecular weight excluding hydrogens is 244 g/mol. The number of hydrogen-bond donors (Lipinski definition) is 3. The lowest BCUT2D eigenvalue weighted by Gasteiger charge is -2.24. The minimum absolute atomic E-state index is 0.135. The van der Waals surface area contributed by atoms with Crippen molar-refractivity contribution in [1.82, 2.24) is 5.32 Å². The Balaban J connectivity index is 2.78. The molecule has 1 aromatic rings. The van der Waals surface area contributed by atoms with Crippen molar-refractivity contribution >= 4 is 11.9 Å². The molecule has 0 heterocycles. The molecule has 104 valence electrons. The van der Waals surface area contributed by atoms with Crippen LogP contribution < -0.4 is 11.1 Å². The number of benzene rings is 1. The maximum absolute atomic E-state index is 11.9. The summed E-state index contributed by atoms with van der Waals surface area (Å²) in [7, 11) is 0. The number of hydrogen-bond acceptors (Lipinski definition) is 3. The van der Waals surface area contributed by atoms with E-state index in [9.17, 15) is 9.59 Å². The summed E-state index contributed by atoms with van der Waals surface area (Å²) in [5.74, 6) is -1.34. The maximum Gasteiger partial charge on any atom is 0.329 e. The van der Waals surface area contributed by atoms with Crippen molar-refractivity contribution in [2.24, 2.45) is 5.73 Å². The Labute approximate surface area is 112 Å². The van der Waals surface area contributed by atoms with Crippen LogP contribution in [-0.4, -0.2) is 22.5 Å². The fourth-order valence-corrected chi connectivity index (χ4v) is 1.75. The van der Waals surface area contributed by atoms with Crippen LogP contribution in [0.2, 0.25) is 0 Å². The standard InChI is InChI=1S/C14H20N2O3/c1-3-14(2,13(18)19)16-12(17)8-10-6-4-5-7-11(10)9-15/h4-7H,3,8-9,15H2,1-2H3,(H,16,17)(H,18,19). The molecule has 0 aromatic heterocycles. The Morgan fingerprint density at radius 2 is 1.89 bits per heavy atom. The van der Waals surface area contributed by atoms with Crippen LogP contribution in [0.5, 0.6) is 0 Å². The molecule has 0 spiro atoms. The molecule has 19 heavy (non-hydrogen) atoms. The number of carbonyl (C=O) groups excluding carboxylic acids is 1. The number of carboxylic acids is 1. The third-order valence-corrected chi connectivity index (χ3v) is 3.28. The predicted molar refractivity (Wildman–Crippen MR) is 72.5 cm³/mol. The molecule has 0 saturated carbocycles. The minimum Gasteiger partial charge on any atom is -0.480 e. The Morgan fingerprint density at radius 1 is 1.32 bits per heavy atom. The highest BCUT2D eigenvalue weighted by Gasteiger charge is 2.32. The monoisotopic (exact) mass is 264 g/mol. The lowest BCUT2D eigenvalue weighted by molar-refractivity contribution is -0.146. The minimum atomic E-state index is -1.23. The summed E-state index contributed by atoms with van der Waals surface area (Å²) in [6.45, 7) is 3.58. The quantitative estimate of drug-likeness (QED) is 0.716. The molecule has 0 aliphatic heterocycles. The van der Waals surface area contributed by atoms with E-state index in [4.69, 9.17) is 10.8 Å². The topological polar surface area (TPSA) is 92.4 Å². The molecule has 0 fully saturated rings. The molecule has 4 N–H and O–H groups in total. The van der Waals surface area contributed by atoms with Crippen LogP contribution in [0.3, 0.4) is 0 Å². The lowest BCUT2D eigenvalue weighted by atomic mass is 9.98. The zero-order valence-electron chi connectivity index (χ0n) is 11.3. The normalized spacial score (nSPS) is 13.6. The number of nitrogens with two attached hydrogens (primary N) is 1. The van der Waals surface area contributed by atoms with Gasteiger partial charge in [0.1, 0.15) is 5.54 Å². The van der Waals surface area contributed by atoms with Crippen LogP contribution in [0.4, 0.5) is 0 Å². The molecule has 1 unspecified atom stereocenters. The second-order valence-corrected chi connectivity index (χ2v) is 4.69. The molecular formula is C14H20N2O3. The Morgan fingerprint density at radius 3 is 2.37 bits per heavy atom. The fraction of sp³-hybridized carbons (Fsp3) is 0.429. The summed E-state index contributed by atoms with van der Waals surface area (Å²) < 4.78 is 0. The van der Waals surface area contributed by atoms with E-state index >= 15 is 0 Å². The van der Waals surface area contributed by atoms with Gasteiger partial charge in [-0.1, -0.05) is 31.2 Å². The number of nitrogens with one attached hydrogen (secondary N) is 1. The summed E-state index contributed by atoms with van der Waals surface area (Å²) in [6.07, 6.45) is 0.461. The highest BCUT2D eigenvalue weighted by molar-refractivity contribution is 5.87. The first-order valence-electron chi connectivity index (χ1n) is 6.24. The Hall–Kier alpha value is -1.88. The smallest absolute Gasteiger partial charge is 0.329 e. The highest BCUT2D eigenvalue weighted by Crippen LogP contribution is 2.12. The molecule has 1 atom stereocenters. The summed E-state index contributed by atoms with van der Waals surface area (Å²) in [4.78, 5) is 23.1. The van der Waals surface area contributed by atoms with Gasteiger partial charge in [0.15, 0.2) is 0 Å². The summed E-state index contributed by atoms with van der Waals surface area (Å²) >= 11 is 0. The first-order valence-corrected chi connectivity index (χ1v) is 6.24. The SMILES string of the molecule is CCC(C)(NC(=O)Cc1ccccc1CN)C(=O)O. The first-order chi connectivity index (χ1) is 8.92. The van der Waals surface area contributed by atoms with Crippen molar-refractivity contribution in [1.29, 1.82) is 0 Å². The van der Waals surface area contributed by atoms with E-state index < -0.39 is 11.5 Å². The lowest BCUT2D eigenvalue weighted by Crippen LogP contribution is -2.52. The number of carbonyl (C=O) groups is 2. The van der Waals surface area contributed by atoms with Crippen molar-refractivity contribution in [2.75, 3.05) is 0 Å². The van der Waals surface area contributed by atoms with E-state index in [1.54, 1.807) is 6.92 Å². The third-order valence-electron chi connectivity index (χ3n) is 3.28. The highest BCUT2D eigenvalue weighted by atomic mass is 16.4. The van der Waals surface area contributed by atoms with Gasteiger partial charge in [-0.2, -0.15) is 0 Å². The number of rotatable bonds is 6. The van der Waals surface area contributed by atoms with E-state index in [-0.39, 0.29) is 12.3 Å². The van der Waals surface area contributed by atoms with Crippen molar-refractivity contribution in [3.05, 3.63) is 35.4 Å². The van der Waals surface area contributed by atoms with Gasteiger partial charge >= 0.3 is 5.97 Å². The van der Waals surface area contributed by atoms with E-state index in [0.717, 1.165) is 11.1 Å². The van der Waals surface area contributed by atoms with Crippen LogP contribution >= 0.6 is 0 Å². The van der Waals surface area contributed by atoms with Crippen LogP contribution in [0, 0.1) is 0 Å². The van der Waals surface area contributed by atoms with Gasteiger partial charge in [0, 0.05) is 6.54 Å². The second-order valence-electron chi connectivity index (χ2n) is 4.69. The summed E-state index contributed by atoms with van der Waals surface area (Å²) in [5, 5.41) is 11.7. The average Bonchev–Trinajstić information content (AvgIpc) is 2.38. The van der Waals surface area contributed by atoms with E-state index in [1.807, 2.05) is 24.3 Å². The van der Waals surface area contributed by atoms with Crippen molar-refractivity contribution in [3.63, 3.8) is 0 Å². The van der Waals surface area contributed by atoms with Crippen LogP contribution in [0.15, 0.2) is 24.3 Å². The summed E-state index contributed by atoms with van der Waals surface area (Å²) in [5.41, 5.74) is 6.09. The van der Waals surface area contributed by atoms with E-state index in [0.29, 0.717) is 13.0 Å². The first kappa shape index (κ1) is 15.2. The Kier molecular flexibility index (Phi) is 5.06. The molecule has 0 saturated heterocycles. The van der Waals surface area contributed by atoms with Crippen molar-refractivity contribution in [3.8, 4) is 0 Å². The fourth-order valence-electron chi connectivity index (χ4n) is 1.75. The van der Waals surface area contributed by atoms with Gasteiger partial charge in [-0.05, 0) is 24.5 Å². The van der Waals surface area contributed by atoms with Crippen LogP contribution in [0.25, 0.3) is 0 Å². The number of carboxylic acid groups (broad SMARTS) is 1.